The lowest BCUT2D eigenvalue weighted by atomic mass is 9.83. The van der Waals surface area contributed by atoms with Crippen LogP contribution in [0.25, 0.3) is 0 Å². The highest BCUT2D eigenvalue weighted by Gasteiger charge is 2.20. The van der Waals surface area contributed by atoms with Crippen LogP contribution in [0.3, 0.4) is 0 Å². The van der Waals surface area contributed by atoms with Crippen LogP contribution < -0.4 is 5.32 Å². The van der Waals surface area contributed by atoms with E-state index in [1.165, 1.54) is 31.4 Å². The summed E-state index contributed by atoms with van der Waals surface area (Å²) < 4.78 is 0. The molecule has 2 atom stereocenters. The van der Waals surface area contributed by atoms with Crippen molar-refractivity contribution in [3.63, 3.8) is 0 Å². The van der Waals surface area contributed by atoms with Gasteiger partial charge in [0, 0.05) is 18.3 Å². The third kappa shape index (κ3) is 3.52. The highest BCUT2D eigenvalue weighted by atomic mass is 32.2. The molecule has 1 aliphatic carbocycles. The maximum atomic E-state index is 3.76. The number of benzene rings is 1. The van der Waals surface area contributed by atoms with Crippen LogP contribution in [0.5, 0.6) is 0 Å². The lowest BCUT2D eigenvalue weighted by Gasteiger charge is -2.27. The van der Waals surface area contributed by atoms with E-state index in [-0.39, 0.29) is 0 Å². The van der Waals surface area contributed by atoms with Crippen molar-refractivity contribution in [3.05, 3.63) is 35.4 Å². The zero-order chi connectivity index (χ0) is 12.8. The molecule has 1 aliphatic rings. The largest absolute Gasteiger partial charge is 0.313 e. The summed E-state index contributed by atoms with van der Waals surface area (Å²) in [7, 11) is 0. The summed E-state index contributed by atoms with van der Waals surface area (Å²) in [5, 5.41) is 3.76. The first-order valence-electron chi connectivity index (χ1n) is 7.15. The first kappa shape index (κ1) is 14.0. The Morgan fingerprint density at radius 1 is 1.39 bits per heavy atom. The van der Waals surface area contributed by atoms with Gasteiger partial charge in [-0.15, -0.1) is 0 Å². The van der Waals surface area contributed by atoms with E-state index in [4.69, 9.17) is 0 Å². The Hall–Kier alpha value is -0.470. The van der Waals surface area contributed by atoms with Gasteiger partial charge in [-0.2, -0.15) is 11.8 Å². The van der Waals surface area contributed by atoms with Gasteiger partial charge in [-0.05, 0) is 49.0 Å². The first-order valence-corrected chi connectivity index (χ1v) is 8.54. The fourth-order valence-electron chi connectivity index (χ4n) is 2.90. The van der Waals surface area contributed by atoms with Gasteiger partial charge in [0.05, 0.1) is 0 Å². The van der Waals surface area contributed by atoms with Gasteiger partial charge in [0.1, 0.15) is 0 Å². The van der Waals surface area contributed by atoms with Gasteiger partial charge in [-0.25, -0.2) is 0 Å². The van der Waals surface area contributed by atoms with E-state index in [1.807, 2.05) is 11.8 Å². The SMILES string of the molecule is CCC(CSC)NCC1CCCc2ccccc21. The van der Waals surface area contributed by atoms with Crippen molar-refractivity contribution in [3.8, 4) is 0 Å². The Bertz CT molecular complexity index is 364. The predicted molar refractivity (Wildman–Crippen MR) is 82.6 cm³/mol. The lowest BCUT2D eigenvalue weighted by Crippen LogP contribution is -2.35. The van der Waals surface area contributed by atoms with Crippen molar-refractivity contribution in [1.82, 2.24) is 5.32 Å². The van der Waals surface area contributed by atoms with Crippen LogP contribution in [0.1, 0.15) is 43.2 Å². The number of fused-ring (bicyclic) bond motifs is 1. The first-order chi connectivity index (χ1) is 8.85. The third-order valence-corrected chi connectivity index (χ3v) is 4.74. The molecule has 0 radical (unpaired) electrons. The molecular weight excluding hydrogens is 238 g/mol. The average molecular weight is 263 g/mol. The van der Waals surface area contributed by atoms with Crippen LogP contribution in [0, 0.1) is 0 Å². The number of nitrogens with one attached hydrogen (secondary N) is 1. The normalized spacial score (nSPS) is 20.4. The minimum absolute atomic E-state index is 0.675. The summed E-state index contributed by atoms with van der Waals surface area (Å²) in [5.41, 5.74) is 3.17. The van der Waals surface area contributed by atoms with E-state index in [2.05, 4.69) is 42.8 Å². The predicted octanol–water partition coefficient (Wildman–Crippen LogP) is 3.84. The maximum Gasteiger partial charge on any atom is 0.0155 e. The highest BCUT2D eigenvalue weighted by molar-refractivity contribution is 7.98. The molecule has 2 rings (SSSR count). The van der Waals surface area contributed by atoms with Crippen LogP contribution >= 0.6 is 11.8 Å². The molecule has 18 heavy (non-hydrogen) atoms. The molecular formula is C16H25NS. The Labute approximate surface area is 116 Å². The fraction of sp³-hybridized carbons (Fsp3) is 0.625. The molecule has 1 aromatic rings. The molecule has 0 bridgehead atoms. The number of rotatable bonds is 6. The summed E-state index contributed by atoms with van der Waals surface area (Å²) in [4.78, 5) is 0. The van der Waals surface area contributed by atoms with Crippen LogP contribution in [0.4, 0.5) is 0 Å². The fourth-order valence-corrected chi connectivity index (χ4v) is 3.65. The second-order valence-electron chi connectivity index (χ2n) is 5.26. The minimum atomic E-state index is 0.675. The van der Waals surface area contributed by atoms with Gasteiger partial charge in [-0.1, -0.05) is 31.2 Å². The molecule has 1 nitrogen and oxygen atoms in total. The van der Waals surface area contributed by atoms with Crippen LogP contribution in [-0.4, -0.2) is 24.6 Å². The number of hydrogen-bond acceptors (Lipinski definition) is 2. The van der Waals surface area contributed by atoms with Crippen LogP contribution in [0.2, 0.25) is 0 Å². The van der Waals surface area contributed by atoms with E-state index >= 15 is 0 Å². The highest BCUT2D eigenvalue weighted by Crippen LogP contribution is 2.30. The van der Waals surface area contributed by atoms with E-state index in [0.717, 1.165) is 12.5 Å². The van der Waals surface area contributed by atoms with Crippen LogP contribution in [0.15, 0.2) is 24.3 Å². The Morgan fingerprint density at radius 3 is 3.00 bits per heavy atom. The van der Waals surface area contributed by atoms with Gasteiger partial charge in [0.15, 0.2) is 0 Å². The van der Waals surface area contributed by atoms with Gasteiger partial charge in [-0.3, -0.25) is 0 Å². The number of thioether (sulfide) groups is 1. The smallest absolute Gasteiger partial charge is 0.0155 e. The maximum absolute atomic E-state index is 3.76. The molecule has 0 aliphatic heterocycles. The third-order valence-electron chi connectivity index (χ3n) is 4.01. The van der Waals surface area contributed by atoms with E-state index in [9.17, 15) is 0 Å². The van der Waals surface area contributed by atoms with Gasteiger partial charge in [0.2, 0.25) is 0 Å². The molecule has 0 fully saturated rings. The summed E-state index contributed by atoms with van der Waals surface area (Å²) in [6, 6.07) is 9.68. The molecule has 0 saturated carbocycles. The Morgan fingerprint density at radius 2 is 2.22 bits per heavy atom. The van der Waals surface area contributed by atoms with Crippen molar-refractivity contribution in [2.75, 3.05) is 18.6 Å². The quantitative estimate of drug-likeness (QED) is 0.837. The molecule has 1 N–H and O–H groups in total. The van der Waals surface area contributed by atoms with Crippen molar-refractivity contribution in [2.45, 2.75) is 44.6 Å². The van der Waals surface area contributed by atoms with Crippen molar-refractivity contribution in [2.24, 2.45) is 0 Å². The molecule has 1 aromatic carbocycles. The Balaban J connectivity index is 1.94. The summed E-state index contributed by atoms with van der Waals surface area (Å²) in [6.07, 6.45) is 7.40. The molecule has 2 heteroatoms. The number of aryl methyl sites for hydroxylation is 1. The summed E-state index contributed by atoms with van der Waals surface area (Å²) >= 11 is 1.94. The molecule has 0 heterocycles. The topological polar surface area (TPSA) is 12.0 Å². The average Bonchev–Trinajstić information content (AvgIpc) is 2.43. The van der Waals surface area contributed by atoms with Gasteiger partial charge in [0.25, 0.3) is 0 Å². The molecule has 100 valence electrons. The van der Waals surface area contributed by atoms with E-state index in [1.54, 1.807) is 11.1 Å². The molecule has 2 unspecified atom stereocenters. The zero-order valence-corrected chi connectivity index (χ0v) is 12.4. The number of hydrogen-bond donors (Lipinski definition) is 1. The van der Waals surface area contributed by atoms with Crippen molar-refractivity contribution in [1.29, 1.82) is 0 Å². The van der Waals surface area contributed by atoms with Gasteiger partial charge >= 0.3 is 0 Å². The standard InChI is InChI=1S/C16H25NS/c1-3-15(12-18-2)17-11-14-9-6-8-13-7-4-5-10-16(13)14/h4-5,7,10,14-15,17H,3,6,8-9,11-12H2,1-2H3. The lowest BCUT2D eigenvalue weighted by molar-refractivity contribution is 0.462. The monoisotopic (exact) mass is 263 g/mol. The summed E-state index contributed by atoms with van der Waals surface area (Å²) in [6.45, 7) is 3.43. The summed E-state index contributed by atoms with van der Waals surface area (Å²) in [5.74, 6) is 1.95. The molecule has 0 spiro atoms. The molecule has 0 aromatic heterocycles. The second kappa shape index (κ2) is 7.20. The molecule has 0 amide bonds. The van der Waals surface area contributed by atoms with E-state index < -0.39 is 0 Å². The Kier molecular flexibility index (Phi) is 5.58. The van der Waals surface area contributed by atoms with Gasteiger partial charge < -0.3 is 5.32 Å². The van der Waals surface area contributed by atoms with E-state index in [0.29, 0.717) is 6.04 Å². The second-order valence-corrected chi connectivity index (χ2v) is 6.17. The minimum Gasteiger partial charge on any atom is -0.313 e. The van der Waals surface area contributed by atoms with Crippen LogP contribution in [-0.2, 0) is 6.42 Å². The zero-order valence-electron chi connectivity index (χ0n) is 11.6. The molecule has 0 saturated heterocycles. The van der Waals surface area contributed by atoms with Crippen molar-refractivity contribution >= 4 is 11.8 Å². The van der Waals surface area contributed by atoms with Crippen molar-refractivity contribution < 1.29 is 0 Å².